The maximum atomic E-state index is 12.5. The van der Waals surface area contributed by atoms with Crippen molar-refractivity contribution < 1.29 is 9.72 Å². The van der Waals surface area contributed by atoms with E-state index in [1.807, 2.05) is 0 Å². The summed E-state index contributed by atoms with van der Waals surface area (Å²) in [4.78, 5) is 23.8. The van der Waals surface area contributed by atoms with Crippen molar-refractivity contribution in [2.45, 2.75) is 32.1 Å². The summed E-state index contributed by atoms with van der Waals surface area (Å²) in [6, 6.07) is 5.90. The lowest BCUT2D eigenvalue weighted by Gasteiger charge is -2.06. The topological polar surface area (TPSA) is 96.0 Å². The molecule has 1 aromatic heterocycles. The Morgan fingerprint density at radius 2 is 2.08 bits per heavy atom. The number of nitrogens with zero attached hydrogens (tertiary/aromatic N) is 2. The predicted octanol–water partition coefficient (Wildman–Crippen LogP) is 4.70. The van der Waals surface area contributed by atoms with Gasteiger partial charge in [-0.3, -0.25) is 14.9 Å². The van der Waals surface area contributed by atoms with Crippen LogP contribution < -0.4 is 5.32 Å². The van der Waals surface area contributed by atoms with Gasteiger partial charge >= 0.3 is 0 Å². The third-order valence-electron chi connectivity index (χ3n) is 4.17. The third-order valence-corrected chi connectivity index (χ3v) is 5.69. The lowest BCUT2D eigenvalue weighted by molar-refractivity contribution is -0.384. The number of nitrogens with one attached hydrogen (secondary N) is 1. The van der Waals surface area contributed by atoms with Gasteiger partial charge in [-0.2, -0.15) is 5.26 Å². The zero-order valence-corrected chi connectivity index (χ0v) is 14.7. The second-order valence-electron chi connectivity index (χ2n) is 5.76. The molecule has 1 aliphatic carbocycles. The van der Waals surface area contributed by atoms with E-state index in [2.05, 4.69) is 11.4 Å². The molecule has 1 heterocycles. The second kappa shape index (κ2) is 7.21. The van der Waals surface area contributed by atoms with Gasteiger partial charge in [0.15, 0.2) is 0 Å². The fourth-order valence-electron chi connectivity index (χ4n) is 2.92. The monoisotopic (exact) mass is 375 g/mol. The minimum absolute atomic E-state index is 0.00308. The average molecular weight is 376 g/mol. The quantitative estimate of drug-likeness (QED) is 0.477. The van der Waals surface area contributed by atoms with Gasteiger partial charge in [-0.25, -0.2) is 0 Å². The maximum Gasteiger partial charge on any atom is 0.270 e. The van der Waals surface area contributed by atoms with E-state index in [9.17, 15) is 20.2 Å². The van der Waals surface area contributed by atoms with Gasteiger partial charge in [0.1, 0.15) is 11.1 Å². The zero-order chi connectivity index (χ0) is 18.0. The van der Waals surface area contributed by atoms with Crippen LogP contribution in [-0.2, 0) is 12.8 Å². The van der Waals surface area contributed by atoms with Crippen molar-refractivity contribution in [1.82, 2.24) is 0 Å². The molecule has 1 amide bonds. The molecule has 0 saturated carbocycles. The van der Waals surface area contributed by atoms with Crippen molar-refractivity contribution in [3.8, 4) is 6.07 Å². The van der Waals surface area contributed by atoms with Crippen LogP contribution in [0.3, 0.4) is 0 Å². The molecular weight excluding hydrogens is 362 g/mol. The van der Waals surface area contributed by atoms with E-state index in [-0.39, 0.29) is 16.3 Å². The molecule has 2 aromatic rings. The maximum absolute atomic E-state index is 12.5. The highest BCUT2D eigenvalue weighted by Gasteiger charge is 2.22. The van der Waals surface area contributed by atoms with Crippen LogP contribution in [0.15, 0.2) is 18.2 Å². The first-order valence-corrected chi connectivity index (χ1v) is 9.00. The Kier molecular flexibility index (Phi) is 5.02. The van der Waals surface area contributed by atoms with Crippen LogP contribution >= 0.6 is 22.9 Å². The first kappa shape index (κ1) is 17.4. The normalized spacial score (nSPS) is 13.4. The summed E-state index contributed by atoms with van der Waals surface area (Å²) in [6.07, 6.45) is 5.04. The van der Waals surface area contributed by atoms with Crippen molar-refractivity contribution in [2.75, 3.05) is 5.32 Å². The van der Waals surface area contributed by atoms with E-state index in [1.54, 1.807) is 0 Å². The van der Waals surface area contributed by atoms with Crippen molar-refractivity contribution in [3.05, 3.63) is 54.9 Å². The number of carbonyl (C=O) groups is 1. The molecular formula is C17H14ClN3O3S. The lowest BCUT2D eigenvalue weighted by Crippen LogP contribution is -2.12. The Hall–Kier alpha value is -2.43. The number of rotatable bonds is 3. The summed E-state index contributed by atoms with van der Waals surface area (Å²) in [7, 11) is 0. The minimum atomic E-state index is -0.572. The number of benzene rings is 1. The molecule has 8 heteroatoms. The number of nitriles is 1. The van der Waals surface area contributed by atoms with Crippen LogP contribution in [0.1, 0.15) is 45.6 Å². The molecule has 1 aromatic carbocycles. The number of nitro benzene ring substituents is 1. The van der Waals surface area contributed by atoms with Crippen molar-refractivity contribution in [2.24, 2.45) is 0 Å². The van der Waals surface area contributed by atoms with Gasteiger partial charge in [0.25, 0.3) is 11.6 Å². The van der Waals surface area contributed by atoms with Crippen LogP contribution in [0.2, 0.25) is 5.02 Å². The molecule has 6 nitrogen and oxygen atoms in total. The molecule has 0 atom stereocenters. The Morgan fingerprint density at radius 1 is 1.32 bits per heavy atom. The lowest BCUT2D eigenvalue weighted by atomic mass is 10.1. The van der Waals surface area contributed by atoms with Gasteiger partial charge in [-0.15, -0.1) is 11.3 Å². The van der Waals surface area contributed by atoms with Gasteiger partial charge in [0.2, 0.25) is 0 Å². The van der Waals surface area contributed by atoms with E-state index >= 15 is 0 Å². The highest BCUT2D eigenvalue weighted by Crippen LogP contribution is 2.37. The molecule has 0 unspecified atom stereocenters. The van der Waals surface area contributed by atoms with Gasteiger partial charge in [0, 0.05) is 17.0 Å². The summed E-state index contributed by atoms with van der Waals surface area (Å²) in [6.45, 7) is 0. The highest BCUT2D eigenvalue weighted by molar-refractivity contribution is 7.16. The van der Waals surface area contributed by atoms with Crippen LogP contribution in [0.5, 0.6) is 0 Å². The van der Waals surface area contributed by atoms with Crippen LogP contribution in [0.25, 0.3) is 0 Å². The average Bonchev–Trinajstić information content (AvgIpc) is 2.74. The van der Waals surface area contributed by atoms with Gasteiger partial charge in [0.05, 0.1) is 21.1 Å². The number of amides is 1. The Balaban J connectivity index is 1.89. The molecule has 0 radical (unpaired) electrons. The summed E-state index contributed by atoms with van der Waals surface area (Å²) in [5.74, 6) is -0.479. The van der Waals surface area contributed by atoms with Gasteiger partial charge in [-0.1, -0.05) is 18.0 Å². The standard InChI is InChI=1S/C17H14ClN3O3S/c18-14-8-10(21(23)24)6-7-12(14)16(22)20-17-13(9-19)11-4-2-1-3-5-15(11)25-17/h6-8H,1-5H2,(H,20,22). The number of hydrogen-bond acceptors (Lipinski definition) is 5. The zero-order valence-electron chi connectivity index (χ0n) is 13.2. The Morgan fingerprint density at radius 3 is 2.76 bits per heavy atom. The molecule has 1 aliphatic rings. The number of halogens is 1. The van der Waals surface area contributed by atoms with Crippen LogP contribution in [0.4, 0.5) is 10.7 Å². The summed E-state index contributed by atoms with van der Waals surface area (Å²) in [5.41, 5.74) is 1.52. The molecule has 0 spiro atoms. The van der Waals surface area contributed by atoms with E-state index in [4.69, 9.17) is 11.6 Å². The number of non-ortho nitro benzene ring substituents is 1. The largest absolute Gasteiger partial charge is 0.312 e. The van der Waals surface area contributed by atoms with E-state index in [0.717, 1.165) is 48.6 Å². The minimum Gasteiger partial charge on any atom is -0.312 e. The molecule has 1 N–H and O–H groups in total. The predicted molar refractivity (Wildman–Crippen MR) is 96.4 cm³/mol. The second-order valence-corrected chi connectivity index (χ2v) is 7.27. The molecule has 0 bridgehead atoms. The molecule has 25 heavy (non-hydrogen) atoms. The number of aryl methyl sites for hydroxylation is 1. The number of anilines is 1. The van der Waals surface area contributed by atoms with E-state index in [1.165, 1.54) is 23.5 Å². The summed E-state index contributed by atoms with van der Waals surface area (Å²) >= 11 is 7.43. The molecule has 128 valence electrons. The van der Waals surface area contributed by atoms with E-state index < -0.39 is 10.8 Å². The SMILES string of the molecule is N#Cc1c(NC(=O)c2ccc([N+](=O)[O-])cc2Cl)sc2c1CCCCC2. The Bertz CT molecular complexity index is 901. The molecule has 0 aliphatic heterocycles. The van der Waals surface area contributed by atoms with Crippen LogP contribution in [0, 0.1) is 21.4 Å². The molecule has 0 saturated heterocycles. The van der Waals surface area contributed by atoms with Gasteiger partial charge < -0.3 is 5.32 Å². The third kappa shape index (κ3) is 3.50. The number of nitro groups is 1. The van der Waals surface area contributed by atoms with Gasteiger partial charge in [-0.05, 0) is 37.3 Å². The Labute approximate surface area is 153 Å². The van der Waals surface area contributed by atoms with Crippen LogP contribution in [-0.4, -0.2) is 10.8 Å². The summed E-state index contributed by atoms with van der Waals surface area (Å²) < 4.78 is 0. The number of hydrogen-bond donors (Lipinski definition) is 1. The summed E-state index contributed by atoms with van der Waals surface area (Å²) in [5, 5.41) is 23.5. The fourth-order valence-corrected chi connectivity index (χ4v) is 4.42. The first-order valence-electron chi connectivity index (χ1n) is 7.81. The molecule has 0 fully saturated rings. The number of carbonyl (C=O) groups excluding carboxylic acids is 1. The number of thiophene rings is 1. The fraction of sp³-hybridized carbons (Fsp3) is 0.294. The smallest absolute Gasteiger partial charge is 0.270 e. The van der Waals surface area contributed by atoms with Crippen molar-refractivity contribution in [1.29, 1.82) is 5.26 Å². The number of fused-ring (bicyclic) bond motifs is 1. The molecule has 3 rings (SSSR count). The van der Waals surface area contributed by atoms with E-state index in [0.29, 0.717) is 10.6 Å². The highest BCUT2D eigenvalue weighted by atomic mass is 35.5. The van der Waals surface area contributed by atoms with Crippen molar-refractivity contribution in [3.63, 3.8) is 0 Å². The first-order chi connectivity index (χ1) is 12.0. The van der Waals surface area contributed by atoms with Crippen molar-refractivity contribution >= 4 is 39.5 Å².